The van der Waals surface area contributed by atoms with Crippen LogP contribution in [0.15, 0.2) is 36.5 Å². The number of hydrogen-bond donors (Lipinski definition) is 0. The Bertz CT molecular complexity index is 586. The maximum atomic E-state index is 8.97. The molecule has 1 heterocycles. The molecule has 0 fully saturated rings. The molecule has 0 atom stereocenters. The van der Waals surface area contributed by atoms with Crippen LogP contribution in [-0.2, 0) is 0 Å². The highest BCUT2D eigenvalue weighted by Gasteiger charge is 2.04. The molecule has 0 saturated carbocycles. The lowest BCUT2D eigenvalue weighted by atomic mass is 10.0. The van der Waals surface area contributed by atoms with Gasteiger partial charge >= 0.3 is 0 Å². The van der Waals surface area contributed by atoms with E-state index < -0.39 is 0 Å². The fourth-order valence-electron chi connectivity index (χ4n) is 1.62. The summed E-state index contributed by atoms with van der Waals surface area (Å²) in [6.07, 6.45) is 1.70. The lowest BCUT2D eigenvalue weighted by molar-refractivity contribution is 0.398. The van der Waals surface area contributed by atoms with E-state index in [2.05, 4.69) is 11.1 Å². The first-order chi connectivity index (χ1) is 8.76. The van der Waals surface area contributed by atoms with E-state index in [0.29, 0.717) is 17.2 Å². The van der Waals surface area contributed by atoms with Gasteiger partial charge in [0.15, 0.2) is 0 Å². The fourth-order valence-corrected chi connectivity index (χ4v) is 1.62. The van der Waals surface area contributed by atoms with E-state index >= 15 is 0 Å². The number of ether oxygens (including phenoxy) is 2. The summed E-state index contributed by atoms with van der Waals surface area (Å²) in [5, 5.41) is 8.97. The minimum absolute atomic E-state index is 0.556. The van der Waals surface area contributed by atoms with Crippen LogP contribution in [0.2, 0.25) is 0 Å². The maximum absolute atomic E-state index is 8.97. The largest absolute Gasteiger partial charge is 0.497 e. The van der Waals surface area contributed by atoms with E-state index in [1.807, 2.05) is 12.1 Å². The van der Waals surface area contributed by atoms with Crippen molar-refractivity contribution in [3.8, 4) is 28.8 Å². The average molecular weight is 240 g/mol. The van der Waals surface area contributed by atoms with Crippen LogP contribution in [0.3, 0.4) is 0 Å². The first kappa shape index (κ1) is 11.9. The highest BCUT2D eigenvalue weighted by atomic mass is 16.5. The predicted octanol–water partition coefficient (Wildman–Crippen LogP) is 2.64. The Hall–Kier alpha value is -2.54. The predicted molar refractivity (Wildman–Crippen MR) is 67.5 cm³/mol. The molecule has 4 heteroatoms. The van der Waals surface area contributed by atoms with Crippen molar-refractivity contribution < 1.29 is 9.47 Å². The molecule has 1 aromatic carbocycles. The van der Waals surface area contributed by atoms with Gasteiger partial charge in [-0.2, -0.15) is 5.26 Å². The molecule has 90 valence electrons. The van der Waals surface area contributed by atoms with Crippen molar-refractivity contribution in [1.29, 1.82) is 5.26 Å². The first-order valence-electron chi connectivity index (χ1n) is 5.36. The fraction of sp³-hybridized carbons (Fsp3) is 0.143. The first-order valence-corrected chi connectivity index (χ1v) is 5.36. The van der Waals surface area contributed by atoms with Crippen LogP contribution >= 0.6 is 0 Å². The van der Waals surface area contributed by atoms with Crippen LogP contribution in [0.4, 0.5) is 0 Å². The Balaban J connectivity index is 2.45. The van der Waals surface area contributed by atoms with E-state index in [9.17, 15) is 0 Å². The van der Waals surface area contributed by atoms with Gasteiger partial charge in [0.25, 0.3) is 0 Å². The third kappa shape index (κ3) is 2.41. The standard InChI is InChI=1S/C14H12N2O2/c1-17-13-6-10(8-15)5-12(7-13)11-3-4-14(18-2)16-9-11/h3-7,9H,1-2H3. The number of aromatic nitrogens is 1. The normalized spacial score (nSPS) is 9.61. The second-order valence-corrected chi connectivity index (χ2v) is 3.65. The highest BCUT2D eigenvalue weighted by Crippen LogP contribution is 2.26. The number of rotatable bonds is 3. The number of nitrogens with zero attached hydrogens (tertiary/aromatic N) is 2. The minimum Gasteiger partial charge on any atom is -0.497 e. The van der Waals surface area contributed by atoms with Crippen LogP contribution in [-0.4, -0.2) is 19.2 Å². The van der Waals surface area contributed by atoms with Crippen molar-refractivity contribution in [2.75, 3.05) is 14.2 Å². The van der Waals surface area contributed by atoms with Gasteiger partial charge < -0.3 is 9.47 Å². The Morgan fingerprint density at radius 2 is 1.89 bits per heavy atom. The topological polar surface area (TPSA) is 55.1 Å². The summed E-state index contributed by atoms with van der Waals surface area (Å²) in [6, 6.07) is 11.1. The van der Waals surface area contributed by atoms with Gasteiger partial charge in [-0.25, -0.2) is 4.98 Å². The molecule has 0 N–H and O–H groups in total. The van der Waals surface area contributed by atoms with Gasteiger partial charge in [0.05, 0.1) is 25.9 Å². The lowest BCUT2D eigenvalue weighted by Gasteiger charge is -2.06. The second kappa shape index (κ2) is 5.19. The minimum atomic E-state index is 0.556. The zero-order valence-corrected chi connectivity index (χ0v) is 10.2. The summed E-state index contributed by atoms with van der Waals surface area (Å²) < 4.78 is 10.2. The Morgan fingerprint density at radius 1 is 1.06 bits per heavy atom. The zero-order valence-electron chi connectivity index (χ0n) is 10.2. The van der Waals surface area contributed by atoms with E-state index in [1.165, 1.54) is 0 Å². The molecule has 0 amide bonds. The van der Waals surface area contributed by atoms with Gasteiger partial charge in [-0.15, -0.1) is 0 Å². The van der Waals surface area contributed by atoms with Crippen molar-refractivity contribution in [2.45, 2.75) is 0 Å². The molecule has 0 aliphatic rings. The summed E-state index contributed by atoms with van der Waals surface area (Å²) in [5.41, 5.74) is 2.35. The molecular weight excluding hydrogens is 228 g/mol. The van der Waals surface area contributed by atoms with Crippen molar-refractivity contribution in [2.24, 2.45) is 0 Å². The van der Waals surface area contributed by atoms with Gasteiger partial charge in [0, 0.05) is 17.8 Å². The summed E-state index contributed by atoms with van der Waals surface area (Å²) in [4.78, 5) is 4.14. The molecule has 2 rings (SSSR count). The van der Waals surface area contributed by atoms with Gasteiger partial charge in [0.1, 0.15) is 5.75 Å². The molecule has 18 heavy (non-hydrogen) atoms. The van der Waals surface area contributed by atoms with Crippen molar-refractivity contribution >= 4 is 0 Å². The van der Waals surface area contributed by atoms with Crippen LogP contribution in [0, 0.1) is 11.3 Å². The molecule has 0 aliphatic heterocycles. The van der Waals surface area contributed by atoms with Crippen molar-refractivity contribution in [3.05, 3.63) is 42.1 Å². The molecule has 2 aromatic rings. The quantitative estimate of drug-likeness (QED) is 0.827. The number of hydrogen-bond acceptors (Lipinski definition) is 4. The van der Waals surface area contributed by atoms with Crippen molar-refractivity contribution in [1.82, 2.24) is 4.98 Å². The summed E-state index contributed by atoms with van der Waals surface area (Å²) >= 11 is 0. The molecular formula is C14H12N2O2. The Morgan fingerprint density at radius 3 is 2.44 bits per heavy atom. The smallest absolute Gasteiger partial charge is 0.212 e. The van der Waals surface area contributed by atoms with E-state index in [1.54, 1.807) is 38.6 Å². The van der Waals surface area contributed by atoms with Gasteiger partial charge in [-0.3, -0.25) is 0 Å². The number of methoxy groups -OCH3 is 2. The monoisotopic (exact) mass is 240 g/mol. The van der Waals surface area contributed by atoms with Gasteiger partial charge in [-0.1, -0.05) is 0 Å². The number of nitriles is 1. The lowest BCUT2D eigenvalue weighted by Crippen LogP contribution is -1.89. The molecule has 0 spiro atoms. The number of pyridine rings is 1. The molecule has 0 bridgehead atoms. The Kier molecular flexibility index (Phi) is 3.44. The van der Waals surface area contributed by atoms with Crippen LogP contribution in [0.25, 0.3) is 11.1 Å². The molecule has 0 saturated heterocycles. The Labute approximate surface area is 105 Å². The van der Waals surface area contributed by atoms with Crippen LogP contribution in [0.1, 0.15) is 5.56 Å². The third-order valence-corrected chi connectivity index (χ3v) is 2.55. The maximum Gasteiger partial charge on any atom is 0.212 e. The van der Waals surface area contributed by atoms with E-state index in [0.717, 1.165) is 11.1 Å². The molecule has 0 radical (unpaired) electrons. The molecule has 1 aromatic heterocycles. The van der Waals surface area contributed by atoms with Crippen LogP contribution in [0.5, 0.6) is 11.6 Å². The summed E-state index contributed by atoms with van der Waals surface area (Å²) in [7, 11) is 3.15. The van der Waals surface area contributed by atoms with Crippen molar-refractivity contribution in [3.63, 3.8) is 0 Å². The highest BCUT2D eigenvalue weighted by molar-refractivity contribution is 5.66. The number of benzene rings is 1. The summed E-state index contributed by atoms with van der Waals surface area (Å²) in [5.74, 6) is 1.21. The molecule has 4 nitrogen and oxygen atoms in total. The second-order valence-electron chi connectivity index (χ2n) is 3.65. The zero-order chi connectivity index (χ0) is 13.0. The van der Waals surface area contributed by atoms with Crippen LogP contribution < -0.4 is 9.47 Å². The van der Waals surface area contributed by atoms with E-state index in [-0.39, 0.29) is 0 Å². The SMILES string of the molecule is COc1cc(C#N)cc(-c2ccc(OC)nc2)c1. The molecule has 0 unspecified atom stereocenters. The van der Waals surface area contributed by atoms with E-state index in [4.69, 9.17) is 14.7 Å². The molecule has 0 aliphatic carbocycles. The van der Waals surface area contributed by atoms with Gasteiger partial charge in [-0.05, 0) is 29.8 Å². The average Bonchev–Trinajstić information content (AvgIpc) is 2.46. The third-order valence-electron chi connectivity index (χ3n) is 2.55. The van der Waals surface area contributed by atoms with Gasteiger partial charge in [0.2, 0.25) is 5.88 Å². The summed E-state index contributed by atoms with van der Waals surface area (Å²) in [6.45, 7) is 0.